The fourth-order valence-corrected chi connectivity index (χ4v) is 2.75. The van der Waals surface area contributed by atoms with E-state index in [0.29, 0.717) is 11.6 Å². The van der Waals surface area contributed by atoms with Crippen LogP contribution in [-0.4, -0.2) is 16.1 Å². The van der Waals surface area contributed by atoms with Crippen molar-refractivity contribution < 1.29 is 9.90 Å². The molecule has 0 saturated heterocycles. The summed E-state index contributed by atoms with van der Waals surface area (Å²) in [7, 11) is 0. The highest BCUT2D eigenvalue weighted by atomic mass is 32.1. The van der Waals surface area contributed by atoms with Crippen molar-refractivity contribution in [2.24, 2.45) is 5.92 Å². The summed E-state index contributed by atoms with van der Waals surface area (Å²) in [6.45, 7) is 6.22. The summed E-state index contributed by atoms with van der Waals surface area (Å²) in [5.41, 5.74) is 2.84. The molecule has 2 aromatic carbocycles. The van der Waals surface area contributed by atoms with Gasteiger partial charge in [-0.2, -0.15) is 0 Å². The minimum Gasteiger partial charge on any atom is -0.508 e. The van der Waals surface area contributed by atoms with Crippen molar-refractivity contribution in [3.8, 4) is 5.75 Å². The molecule has 0 fully saturated rings. The van der Waals surface area contributed by atoms with Crippen molar-refractivity contribution in [2.45, 2.75) is 33.1 Å². The Labute approximate surface area is 154 Å². The normalized spacial score (nSPS) is 11.8. The lowest BCUT2D eigenvalue weighted by atomic mass is 9.96. The minimum absolute atomic E-state index is 0.133. The van der Waals surface area contributed by atoms with Gasteiger partial charge in [0.15, 0.2) is 5.11 Å². The van der Waals surface area contributed by atoms with Gasteiger partial charge in [0, 0.05) is 11.8 Å². The Morgan fingerprint density at radius 3 is 2.40 bits per heavy atom. The second kappa shape index (κ2) is 8.62. The number of benzene rings is 2. The van der Waals surface area contributed by atoms with Gasteiger partial charge in [-0.25, -0.2) is 0 Å². The Morgan fingerprint density at radius 2 is 1.80 bits per heavy atom. The summed E-state index contributed by atoms with van der Waals surface area (Å²) >= 11 is 5.17. The van der Waals surface area contributed by atoms with Crippen LogP contribution >= 0.6 is 12.2 Å². The van der Waals surface area contributed by atoms with Gasteiger partial charge in [0.2, 0.25) is 5.91 Å². The Balaban J connectivity index is 1.94. The van der Waals surface area contributed by atoms with Gasteiger partial charge in [-0.1, -0.05) is 44.2 Å². The van der Waals surface area contributed by atoms with E-state index < -0.39 is 0 Å². The zero-order valence-electron chi connectivity index (χ0n) is 14.7. The maximum absolute atomic E-state index is 12.4. The number of nitrogens with one attached hydrogen (secondary N) is 2. The molecule has 4 nitrogen and oxygen atoms in total. The molecule has 0 aliphatic rings. The zero-order valence-corrected chi connectivity index (χ0v) is 15.6. The molecule has 0 saturated carbocycles. The number of carbonyl (C=O) groups excluding carboxylic acids is 1. The van der Waals surface area contributed by atoms with E-state index in [4.69, 9.17) is 12.2 Å². The minimum atomic E-state index is -0.308. The van der Waals surface area contributed by atoms with Crippen LogP contribution in [-0.2, 0) is 11.2 Å². The predicted molar refractivity (Wildman–Crippen MR) is 106 cm³/mol. The Hall–Kier alpha value is -2.40. The summed E-state index contributed by atoms with van der Waals surface area (Å²) < 4.78 is 0. The number of carbonyl (C=O) groups is 1. The molecule has 2 rings (SSSR count). The van der Waals surface area contributed by atoms with Crippen LogP contribution in [0.5, 0.6) is 5.75 Å². The van der Waals surface area contributed by atoms with E-state index >= 15 is 0 Å². The molecule has 132 valence electrons. The van der Waals surface area contributed by atoms with Crippen molar-refractivity contribution in [1.82, 2.24) is 5.32 Å². The standard InChI is InChI=1S/C20H24N2O2S/c1-13(2)11-15-7-9-16(10-8-15)14(3)19(24)22-20(25)21-17-5-4-6-18(23)12-17/h4-10,12-14,23H,11H2,1-3H3,(H2,21,22,24,25). The number of rotatable bonds is 5. The van der Waals surface area contributed by atoms with Gasteiger partial charge in [0.1, 0.15) is 5.75 Å². The third kappa shape index (κ3) is 5.87. The first-order valence-electron chi connectivity index (χ1n) is 8.35. The highest BCUT2D eigenvalue weighted by molar-refractivity contribution is 7.80. The molecule has 3 N–H and O–H groups in total. The lowest BCUT2D eigenvalue weighted by Crippen LogP contribution is -2.36. The highest BCUT2D eigenvalue weighted by Gasteiger charge is 2.16. The summed E-state index contributed by atoms with van der Waals surface area (Å²) in [4.78, 5) is 12.4. The first-order valence-corrected chi connectivity index (χ1v) is 8.75. The summed E-state index contributed by atoms with van der Waals surface area (Å²) in [5.74, 6) is 0.257. The van der Waals surface area contributed by atoms with Gasteiger partial charge >= 0.3 is 0 Å². The molecule has 5 heteroatoms. The molecule has 0 radical (unpaired) electrons. The van der Waals surface area contributed by atoms with Crippen LogP contribution in [0.25, 0.3) is 0 Å². The van der Waals surface area contributed by atoms with Gasteiger partial charge in [-0.15, -0.1) is 0 Å². The average molecular weight is 356 g/mol. The lowest BCUT2D eigenvalue weighted by Gasteiger charge is -2.15. The van der Waals surface area contributed by atoms with Crippen molar-refractivity contribution in [3.63, 3.8) is 0 Å². The van der Waals surface area contributed by atoms with Crippen LogP contribution in [0.1, 0.15) is 37.8 Å². The van der Waals surface area contributed by atoms with Crippen LogP contribution in [0.3, 0.4) is 0 Å². The van der Waals surface area contributed by atoms with Crippen molar-refractivity contribution in [3.05, 3.63) is 59.7 Å². The first kappa shape index (κ1) is 18.9. The van der Waals surface area contributed by atoms with Gasteiger partial charge in [-0.3, -0.25) is 4.79 Å². The molecule has 2 aromatic rings. The molecular formula is C20H24N2O2S. The van der Waals surface area contributed by atoms with Crippen molar-refractivity contribution in [1.29, 1.82) is 0 Å². The smallest absolute Gasteiger partial charge is 0.233 e. The summed E-state index contributed by atoms with van der Waals surface area (Å²) in [6.07, 6.45) is 1.03. The third-order valence-corrected chi connectivity index (χ3v) is 4.06. The van der Waals surface area contributed by atoms with Crippen molar-refractivity contribution in [2.75, 3.05) is 5.32 Å². The molecular weight excluding hydrogens is 332 g/mol. The van der Waals surface area contributed by atoms with E-state index in [2.05, 4.69) is 36.6 Å². The topological polar surface area (TPSA) is 61.4 Å². The Bertz CT molecular complexity index is 742. The second-order valence-corrected chi connectivity index (χ2v) is 6.96. The maximum Gasteiger partial charge on any atom is 0.233 e. The Morgan fingerprint density at radius 1 is 1.12 bits per heavy atom. The molecule has 0 heterocycles. The lowest BCUT2D eigenvalue weighted by molar-refractivity contribution is -0.120. The molecule has 1 atom stereocenters. The van der Waals surface area contributed by atoms with Crippen molar-refractivity contribution >= 4 is 28.9 Å². The van der Waals surface area contributed by atoms with E-state index in [9.17, 15) is 9.90 Å². The average Bonchev–Trinajstić information content (AvgIpc) is 2.54. The molecule has 0 aliphatic heterocycles. The summed E-state index contributed by atoms with van der Waals surface area (Å²) in [6, 6.07) is 14.7. The van der Waals surface area contributed by atoms with Gasteiger partial charge in [0.05, 0.1) is 5.92 Å². The molecule has 1 amide bonds. The number of thiocarbonyl (C=S) groups is 1. The highest BCUT2D eigenvalue weighted by Crippen LogP contribution is 2.18. The van der Waals surface area contributed by atoms with Crippen LogP contribution in [0, 0.1) is 5.92 Å². The van der Waals surface area contributed by atoms with Crippen LogP contribution in [0.2, 0.25) is 0 Å². The van der Waals surface area contributed by atoms with Gasteiger partial charge in [0.25, 0.3) is 0 Å². The zero-order chi connectivity index (χ0) is 18.4. The van der Waals surface area contributed by atoms with Crippen LogP contribution in [0.15, 0.2) is 48.5 Å². The molecule has 25 heavy (non-hydrogen) atoms. The van der Waals surface area contributed by atoms with E-state index in [1.807, 2.05) is 19.1 Å². The van der Waals surface area contributed by atoms with Crippen LogP contribution < -0.4 is 10.6 Å². The number of amides is 1. The molecule has 0 aromatic heterocycles. The quantitative estimate of drug-likeness (QED) is 0.703. The predicted octanol–water partition coefficient (Wildman–Crippen LogP) is 4.21. The Kier molecular flexibility index (Phi) is 6.53. The van der Waals surface area contributed by atoms with E-state index in [-0.39, 0.29) is 22.7 Å². The number of hydrogen-bond acceptors (Lipinski definition) is 3. The van der Waals surface area contributed by atoms with Gasteiger partial charge in [-0.05, 0) is 54.7 Å². The number of phenols is 1. The maximum atomic E-state index is 12.4. The van der Waals surface area contributed by atoms with E-state index in [1.165, 1.54) is 11.6 Å². The monoisotopic (exact) mass is 356 g/mol. The molecule has 0 spiro atoms. The number of phenolic OH excluding ortho intramolecular Hbond substituents is 1. The molecule has 0 bridgehead atoms. The summed E-state index contributed by atoms with van der Waals surface area (Å²) in [5, 5.41) is 15.2. The van der Waals surface area contributed by atoms with Crippen LogP contribution in [0.4, 0.5) is 5.69 Å². The van der Waals surface area contributed by atoms with Gasteiger partial charge < -0.3 is 15.7 Å². The van der Waals surface area contributed by atoms with E-state index in [1.54, 1.807) is 18.2 Å². The van der Waals surface area contributed by atoms with E-state index in [0.717, 1.165) is 12.0 Å². The second-order valence-electron chi connectivity index (χ2n) is 6.55. The molecule has 0 aliphatic carbocycles. The fraction of sp³-hybridized carbons (Fsp3) is 0.300. The molecule has 1 unspecified atom stereocenters. The SMILES string of the molecule is CC(C)Cc1ccc(C(C)C(=O)NC(=S)Nc2cccc(O)c2)cc1. The third-order valence-electron chi connectivity index (χ3n) is 3.86. The first-order chi connectivity index (χ1) is 11.8. The number of aromatic hydroxyl groups is 1. The largest absolute Gasteiger partial charge is 0.508 e. The fourth-order valence-electron chi connectivity index (χ4n) is 2.53. The number of hydrogen-bond donors (Lipinski definition) is 3. The number of anilines is 1.